The maximum atomic E-state index is 11.4. The van der Waals surface area contributed by atoms with E-state index < -0.39 is 0 Å². The highest BCUT2D eigenvalue weighted by Crippen LogP contribution is 2.22. The molecule has 0 fully saturated rings. The lowest BCUT2D eigenvalue weighted by Crippen LogP contribution is -2.36. The second-order valence-electron chi connectivity index (χ2n) is 7.41. The van der Waals surface area contributed by atoms with Crippen LogP contribution in [0, 0.1) is 11.8 Å². The molecule has 0 rings (SSSR count). The lowest BCUT2D eigenvalue weighted by atomic mass is 9.94. The zero-order valence-electron chi connectivity index (χ0n) is 15.2. The maximum absolute atomic E-state index is 11.4. The van der Waals surface area contributed by atoms with Gasteiger partial charge in [-0.3, -0.25) is 4.79 Å². The molecule has 126 valence electrons. The molecule has 0 aliphatic heterocycles. The van der Waals surface area contributed by atoms with Gasteiger partial charge in [-0.25, -0.2) is 0 Å². The van der Waals surface area contributed by atoms with Crippen LogP contribution in [0.25, 0.3) is 0 Å². The van der Waals surface area contributed by atoms with Gasteiger partial charge in [-0.2, -0.15) is 0 Å². The van der Waals surface area contributed by atoms with Crippen LogP contribution in [0.15, 0.2) is 0 Å². The number of nitrogens with one attached hydrogen (secondary N) is 1. The molecule has 0 saturated heterocycles. The van der Waals surface area contributed by atoms with E-state index in [0.29, 0.717) is 25.7 Å². The Morgan fingerprint density at radius 3 is 2.05 bits per heavy atom. The molecule has 4 nitrogen and oxygen atoms in total. The van der Waals surface area contributed by atoms with E-state index in [4.69, 9.17) is 9.47 Å². The summed E-state index contributed by atoms with van der Waals surface area (Å²) in [4.78, 5) is 11.4. The highest BCUT2D eigenvalue weighted by Gasteiger charge is 2.25. The van der Waals surface area contributed by atoms with Crippen LogP contribution in [0.3, 0.4) is 0 Å². The minimum Gasteiger partial charge on any atom is -0.375 e. The quantitative estimate of drug-likeness (QED) is 0.629. The van der Waals surface area contributed by atoms with Crippen molar-refractivity contribution in [3.05, 3.63) is 0 Å². The van der Waals surface area contributed by atoms with Crippen molar-refractivity contribution in [2.75, 3.05) is 19.8 Å². The molecule has 0 aromatic carbocycles. The zero-order chi connectivity index (χ0) is 16.7. The van der Waals surface area contributed by atoms with Crippen molar-refractivity contribution >= 4 is 5.91 Å². The Labute approximate surface area is 131 Å². The highest BCUT2D eigenvalue weighted by molar-refractivity contribution is 5.77. The van der Waals surface area contributed by atoms with Gasteiger partial charge in [-0.15, -0.1) is 0 Å². The SMILES string of the molecule is CC(C)C(=O)NCCOC(C)(C)CCOC(C)(C)C(C)C. The van der Waals surface area contributed by atoms with E-state index in [1.165, 1.54) is 0 Å². The Hall–Kier alpha value is -0.610. The van der Waals surface area contributed by atoms with Gasteiger partial charge < -0.3 is 14.8 Å². The third-order valence-electron chi connectivity index (χ3n) is 3.99. The first-order valence-electron chi connectivity index (χ1n) is 8.03. The van der Waals surface area contributed by atoms with Crippen LogP contribution >= 0.6 is 0 Å². The first kappa shape index (κ1) is 20.4. The molecular weight excluding hydrogens is 266 g/mol. The summed E-state index contributed by atoms with van der Waals surface area (Å²) >= 11 is 0. The van der Waals surface area contributed by atoms with E-state index in [1.54, 1.807) is 0 Å². The van der Waals surface area contributed by atoms with Gasteiger partial charge in [0.1, 0.15) is 0 Å². The van der Waals surface area contributed by atoms with Crippen molar-refractivity contribution in [3.8, 4) is 0 Å². The zero-order valence-corrected chi connectivity index (χ0v) is 15.2. The van der Waals surface area contributed by atoms with Crippen molar-refractivity contribution in [1.29, 1.82) is 0 Å². The van der Waals surface area contributed by atoms with Crippen molar-refractivity contribution in [2.45, 2.75) is 73.0 Å². The fourth-order valence-corrected chi connectivity index (χ4v) is 1.50. The smallest absolute Gasteiger partial charge is 0.222 e. The Bertz CT molecular complexity index is 309. The molecule has 0 unspecified atom stereocenters. The summed E-state index contributed by atoms with van der Waals surface area (Å²) in [5.74, 6) is 0.566. The molecular formula is C17H35NO3. The monoisotopic (exact) mass is 301 g/mol. The van der Waals surface area contributed by atoms with Crippen molar-refractivity contribution in [1.82, 2.24) is 5.32 Å². The number of ether oxygens (including phenoxy) is 2. The van der Waals surface area contributed by atoms with E-state index >= 15 is 0 Å². The molecule has 0 radical (unpaired) electrons. The fourth-order valence-electron chi connectivity index (χ4n) is 1.50. The Balaban J connectivity index is 3.91. The number of hydrogen-bond acceptors (Lipinski definition) is 3. The van der Waals surface area contributed by atoms with Crippen LogP contribution in [-0.4, -0.2) is 36.9 Å². The Morgan fingerprint density at radius 2 is 1.57 bits per heavy atom. The molecule has 1 amide bonds. The van der Waals surface area contributed by atoms with Crippen molar-refractivity contribution in [3.63, 3.8) is 0 Å². The minimum atomic E-state index is -0.240. The number of carbonyl (C=O) groups excluding carboxylic acids is 1. The molecule has 0 aliphatic rings. The van der Waals surface area contributed by atoms with Crippen molar-refractivity contribution < 1.29 is 14.3 Å². The topological polar surface area (TPSA) is 47.6 Å². The van der Waals surface area contributed by atoms with Gasteiger partial charge in [0.2, 0.25) is 5.91 Å². The van der Waals surface area contributed by atoms with Gasteiger partial charge in [-0.05, 0) is 40.0 Å². The van der Waals surface area contributed by atoms with E-state index in [-0.39, 0.29) is 23.0 Å². The summed E-state index contributed by atoms with van der Waals surface area (Å²) in [6, 6.07) is 0. The molecule has 0 aromatic rings. The van der Waals surface area contributed by atoms with Crippen molar-refractivity contribution in [2.24, 2.45) is 11.8 Å². The molecule has 21 heavy (non-hydrogen) atoms. The molecule has 0 saturated carbocycles. The third-order valence-corrected chi connectivity index (χ3v) is 3.99. The number of carbonyl (C=O) groups is 1. The first-order chi connectivity index (χ1) is 9.48. The van der Waals surface area contributed by atoms with Crippen LogP contribution in [0.4, 0.5) is 0 Å². The minimum absolute atomic E-state index is 0.0182. The molecule has 4 heteroatoms. The highest BCUT2D eigenvalue weighted by atomic mass is 16.5. The second-order valence-corrected chi connectivity index (χ2v) is 7.41. The van der Waals surface area contributed by atoms with Crippen LogP contribution in [0.2, 0.25) is 0 Å². The van der Waals surface area contributed by atoms with E-state index in [9.17, 15) is 4.79 Å². The van der Waals surface area contributed by atoms with E-state index in [0.717, 1.165) is 6.42 Å². The largest absolute Gasteiger partial charge is 0.375 e. The number of hydrogen-bond donors (Lipinski definition) is 1. The van der Waals surface area contributed by atoms with Gasteiger partial charge in [0.05, 0.1) is 24.4 Å². The summed E-state index contributed by atoms with van der Waals surface area (Å²) in [6.45, 7) is 18.2. The Morgan fingerprint density at radius 1 is 1.00 bits per heavy atom. The van der Waals surface area contributed by atoms with Crippen LogP contribution < -0.4 is 5.32 Å². The summed E-state index contributed by atoms with van der Waals surface area (Å²) in [7, 11) is 0. The van der Waals surface area contributed by atoms with Gasteiger partial charge in [0, 0.05) is 12.5 Å². The molecule has 0 atom stereocenters. The van der Waals surface area contributed by atoms with Gasteiger partial charge in [0.25, 0.3) is 0 Å². The molecule has 0 aromatic heterocycles. The lowest BCUT2D eigenvalue weighted by molar-refractivity contribution is -0.125. The molecule has 0 bridgehead atoms. The molecule has 0 heterocycles. The molecule has 0 spiro atoms. The van der Waals surface area contributed by atoms with Crippen LogP contribution in [-0.2, 0) is 14.3 Å². The van der Waals surface area contributed by atoms with Gasteiger partial charge in [-0.1, -0.05) is 27.7 Å². The average Bonchev–Trinajstić information content (AvgIpc) is 2.33. The van der Waals surface area contributed by atoms with E-state index in [1.807, 2.05) is 13.8 Å². The number of rotatable bonds is 10. The summed E-state index contributed by atoms with van der Waals surface area (Å²) in [6.07, 6.45) is 0.835. The van der Waals surface area contributed by atoms with Crippen LogP contribution in [0.1, 0.15) is 61.8 Å². The molecule has 0 aliphatic carbocycles. The lowest BCUT2D eigenvalue weighted by Gasteiger charge is -2.32. The summed E-state index contributed by atoms with van der Waals surface area (Å²) in [5.41, 5.74) is -0.350. The first-order valence-corrected chi connectivity index (χ1v) is 8.03. The summed E-state index contributed by atoms with van der Waals surface area (Å²) in [5, 5.41) is 2.85. The molecule has 1 N–H and O–H groups in total. The van der Waals surface area contributed by atoms with E-state index in [2.05, 4.69) is 46.9 Å². The summed E-state index contributed by atoms with van der Waals surface area (Å²) < 4.78 is 11.8. The normalized spacial score (nSPS) is 13.0. The Kier molecular flexibility index (Phi) is 8.49. The van der Waals surface area contributed by atoms with Gasteiger partial charge in [0.15, 0.2) is 0 Å². The predicted molar refractivity (Wildman–Crippen MR) is 87.4 cm³/mol. The van der Waals surface area contributed by atoms with Crippen LogP contribution in [0.5, 0.6) is 0 Å². The second kappa shape index (κ2) is 8.74. The fraction of sp³-hybridized carbons (Fsp3) is 0.941. The number of amides is 1. The third kappa shape index (κ3) is 9.10. The average molecular weight is 301 g/mol. The van der Waals surface area contributed by atoms with Gasteiger partial charge >= 0.3 is 0 Å². The maximum Gasteiger partial charge on any atom is 0.222 e. The predicted octanol–water partition coefficient (Wildman–Crippen LogP) is 3.40. The standard InChI is InChI=1S/C17H35NO3/c1-13(2)15(19)18-10-12-20-16(5,6)9-11-21-17(7,8)14(3)4/h13-14H,9-12H2,1-8H3,(H,18,19).